The average Bonchev–Trinajstić information content (AvgIpc) is 3.14. The van der Waals surface area contributed by atoms with Crippen molar-refractivity contribution in [1.82, 2.24) is 9.78 Å². The van der Waals surface area contributed by atoms with E-state index >= 15 is 0 Å². The average molecular weight is 452 g/mol. The van der Waals surface area contributed by atoms with Crippen molar-refractivity contribution in [2.45, 2.75) is 25.9 Å². The zero-order valence-electron chi connectivity index (χ0n) is 17.5. The summed E-state index contributed by atoms with van der Waals surface area (Å²) >= 11 is 5.93. The minimum absolute atomic E-state index is 0.292. The number of aliphatic hydroxyl groups excluding tert-OH is 1. The Morgan fingerprint density at radius 1 is 1.25 bits per heavy atom. The Morgan fingerprint density at radius 3 is 2.66 bits per heavy atom. The number of rotatable bonds is 4. The highest BCUT2D eigenvalue weighted by Crippen LogP contribution is 2.27. The summed E-state index contributed by atoms with van der Waals surface area (Å²) in [5.41, 5.74) is 3.14. The molecular formula is C23H22ClN5O3. The molecule has 2 heterocycles. The summed E-state index contributed by atoms with van der Waals surface area (Å²) in [5, 5.41) is 26.8. The molecule has 0 saturated carbocycles. The van der Waals surface area contributed by atoms with E-state index < -0.39 is 6.09 Å². The highest BCUT2D eigenvalue weighted by molar-refractivity contribution is 6.30. The molecule has 0 spiro atoms. The fraction of sp³-hybridized carbons (Fsp3) is 0.261. The van der Waals surface area contributed by atoms with Crippen LogP contribution < -0.4 is 15.0 Å². The quantitative estimate of drug-likeness (QED) is 0.613. The lowest BCUT2D eigenvalue weighted by atomic mass is 10.1. The molecule has 2 N–H and O–H groups in total. The minimum atomic E-state index is -0.679. The smallest absolute Gasteiger partial charge is 0.406 e. The Bertz CT molecular complexity index is 1160. The van der Waals surface area contributed by atoms with E-state index in [0.29, 0.717) is 53.6 Å². The molecule has 1 aromatic heterocycles. The number of aliphatic hydroxyl groups is 1. The van der Waals surface area contributed by atoms with Crippen LogP contribution in [0.2, 0.25) is 5.02 Å². The number of nitrogens with zero attached hydrogens (tertiary/aromatic N) is 4. The molecule has 1 amide bonds. The maximum atomic E-state index is 12.4. The topological polar surface area (TPSA) is 103 Å². The number of halogens is 1. The van der Waals surface area contributed by atoms with Crippen molar-refractivity contribution >= 4 is 29.1 Å². The second kappa shape index (κ2) is 9.30. The largest absolute Gasteiger partial charge is 0.417 e. The monoisotopic (exact) mass is 451 g/mol. The molecule has 0 unspecified atom stereocenters. The molecular weight excluding hydrogens is 430 g/mol. The van der Waals surface area contributed by atoms with Gasteiger partial charge in [-0.1, -0.05) is 11.6 Å². The molecule has 2 aromatic carbocycles. The zero-order valence-corrected chi connectivity index (χ0v) is 18.2. The van der Waals surface area contributed by atoms with Crippen LogP contribution in [-0.4, -0.2) is 40.2 Å². The third-order valence-electron chi connectivity index (χ3n) is 5.41. The maximum Gasteiger partial charge on any atom is 0.417 e. The number of nitrogens with one attached hydrogen (secondary N) is 1. The van der Waals surface area contributed by atoms with Crippen LogP contribution in [-0.2, 0) is 0 Å². The van der Waals surface area contributed by atoms with E-state index in [2.05, 4.69) is 21.4 Å². The molecule has 1 aliphatic heterocycles. The van der Waals surface area contributed by atoms with Crippen molar-refractivity contribution in [3.8, 4) is 17.5 Å². The molecule has 4 rings (SSSR count). The van der Waals surface area contributed by atoms with Crippen LogP contribution >= 0.6 is 11.6 Å². The molecule has 1 fully saturated rings. The standard InChI is InChI=1S/C23H22ClN5O3/c1-15-22(14-26-29(15)19-5-2-17(24)3-6-19)32-23(31)27-18-4-7-21(16(12-18)13-25)28-10-8-20(30)9-11-28/h2-7,12,14,20,30H,8-11H2,1H3,(H,27,31). The zero-order chi connectivity index (χ0) is 22.7. The molecule has 0 bridgehead atoms. The van der Waals surface area contributed by atoms with Gasteiger partial charge in [-0.05, 0) is 62.2 Å². The van der Waals surface area contributed by atoms with Crippen LogP contribution in [0.5, 0.6) is 5.75 Å². The number of carbonyl (C=O) groups is 1. The summed E-state index contributed by atoms with van der Waals surface area (Å²) in [6, 6.07) is 14.5. The molecule has 1 aliphatic rings. The summed E-state index contributed by atoms with van der Waals surface area (Å²) in [7, 11) is 0. The predicted molar refractivity (Wildman–Crippen MR) is 122 cm³/mol. The lowest BCUT2D eigenvalue weighted by molar-refractivity contribution is 0.145. The number of carbonyl (C=O) groups excluding carboxylic acids is 1. The van der Waals surface area contributed by atoms with Gasteiger partial charge in [0.1, 0.15) is 6.07 Å². The molecule has 164 valence electrons. The Labute approximate surface area is 190 Å². The first-order valence-electron chi connectivity index (χ1n) is 10.2. The van der Waals surface area contributed by atoms with Crippen LogP contribution in [0, 0.1) is 18.3 Å². The Hall–Kier alpha value is -3.54. The van der Waals surface area contributed by atoms with Crippen molar-refractivity contribution in [2.24, 2.45) is 0 Å². The maximum absolute atomic E-state index is 12.4. The Balaban J connectivity index is 1.44. The first-order chi connectivity index (χ1) is 15.4. The summed E-state index contributed by atoms with van der Waals surface area (Å²) in [6.07, 6.45) is 1.83. The van der Waals surface area contributed by atoms with Crippen molar-refractivity contribution < 1.29 is 14.6 Å². The van der Waals surface area contributed by atoms with E-state index in [1.165, 1.54) is 6.20 Å². The van der Waals surface area contributed by atoms with Gasteiger partial charge in [0.2, 0.25) is 0 Å². The lowest BCUT2D eigenvalue weighted by Gasteiger charge is -2.32. The van der Waals surface area contributed by atoms with Crippen molar-refractivity contribution in [3.63, 3.8) is 0 Å². The van der Waals surface area contributed by atoms with E-state index in [1.54, 1.807) is 41.9 Å². The predicted octanol–water partition coefficient (Wildman–Crippen LogP) is 4.28. The fourth-order valence-electron chi connectivity index (χ4n) is 3.67. The molecule has 0 radical (unpaired) electrons. The second-order valence-corrected chi connectivity index (χ2v) is 8.00. The number of nitriles is 1. The molecule has 3 aromatic rings. The number of hydrogen-bond donors (Lipinski definition) is 2. The van der Waals surface area contributed by atoms with Gasteiger partial charge in [0.25, 0.3) is 0 Å². The van der Waals surface area contributed by atoms with Gasteiger partial charge in [-0.15, -0.1) is 0 Å². The Morgan fingerprint density at radius 2 is 1.97 bits per heavy atom. The first kappa shape index (κ1) is 21.7. The molecule has 0 aliphatic carbocycles. The highest BCUT2D eigenvalue weighted by atomic mass is 35.5. The molecule has 8 nitrogen and oxygen atoms in total. The molecule has 32 heavy (non-hydrogen) atoms. The number of ether oxygens (including phenoxy) is 1. The van der Waals surface area contributed by atoms with Crippen LogP contribution in [0.3, 0.4) is 0 Å². The summed E-state index contributed by atoms with van der Waals surface area (Å²) < 4.78 is 7.08. The van der Waals surface area contributed by atoms with Crippen LogP contribution in [0.15, 0.2) is 48.7 Å². The normalized spacial score (nSPS) is 14.1. The summed E-state index contributed by atoms with van der Waals surface area (Å²) in [4.78, 5) is 14.5. The first-order valence-corrected chi connectivity index (χ1v) is 10.6. The van der Waals surface area contributed by atoms with E-state index in [1.807, 2.05) is 12.1 Å². The van der Waals surface area contributed by atoms with Crippen LogP contribution in [0.25, 0.3) is 5.69 Å². The number of benzene rings is 2. The van der Waals surface area contributed by atoms with Gasteiger partial charge < -0.3 is 14.7 Å². The van der Waals surface area contributed by atoms with Gasteiger partial charge in [0, 0.05) is 23.8 Å². The second-order valence-electron chi connectivity index (χ2n) is 7.56. The van der Waals surface area contributed by atoms with Crippen molar-refractivity contribution in [2.75, 3.05) is 23.3 Å². The lowest BCUT2D eigenvalue weighted by Crippen LogP contribution is -2.36. The Kier molecular flexibility index (Phi) is 6.30. The van der Waals surface area contributed by atoms with E-state index in [4.69, 9.17) is 16.3 Å². The summed E-state index contributed by atoms with van der Waals surface area (Å²) in [6.45, 7) is 3.16. The summed E-state index contributed by atoms with van der Waals surface area (Å²) in [5.74, 6) is 0.321. The fourth-order valence-corrected chi connectivity index (χ4v) is 3.79. The number of anilines is 2. The molecule has 0 atom stereocenters. The number of amides is 1. The van der Waals surface area contributed by atoms with Gasteiger partial charge in [-0.25, -0.2) is 9.48 Å². The van der Waals surface area contributed by atoms with E-state index in [0.717, 1.165) is 11.4 Å². The van der Waals surface area contributed by atoms with E-state index in [-0.39, 0.29) is 6.10 Å². The van der Waals surface area contributed by atoms with Gasteiger partial charge in [0.15, 0.2) is 5.75 Å². The van der Waals surface area contributed by atoms with Gasteiger partial charge in [-0.2, -0.15) is 10.4 Å². The van der Waals surface area contributed by atoms with Gasteiger partial charge in [0.05, 0.1) is 34.9 Å². The van der Waals surface area contributed by atoms with Crippen LogP contribution in [0.1, 0.15) is 24.1 Å². The SMILES string of the molecule is Cc1c(OC(=O)Nc2ccc(N3CCC(O)CC3)c(C#N)c2)cnn1-c1ccc(Cl)cc1. The highest BCUT2D eigenvalue weighted by Gasteiger charge is 2.20. The van der Waals surface area contributed by atoms with Crippen molar-refractivity contribution in [1.29, 1.82) is 5.26 Å². The van der Waals surface area contributed by atoms with E-state index in [9.17, 15) is 15.2 Å². The molecule has 1 saturated heterocycles. The minimum Gasteiger partial charge on any atom is -0.406 e. The van der Waals surface area contributed by atoms with Crippen LogP contribution in [0.4, 0.5) is 16.2 Å². The van der Waals surface area contributed by atoms with Crippen molar-refractivity contribution in [3.05, 3.63) is 64.9 Å². The number of hydrogen-bond acceptors (Lipinski definition) is 6. The molecule has 9 heteroatoms. The van der Waals surface area contributed by atoms with Gasteiger partial charge >= 0.3 is 6.09 Å². The number of piperidine rings is 1. The third-order valence-corrected chi connectivity index (χ3v) is 5.66. The third kappa shape index (κ3) is 4.69. The van der Waals surface area contributed by atoms with Gasteiger partial charge in [-0.3, -0.25) is 5.32 Å². The number of aromatic nitrogens is 2.